The molecule has 0 saturated heterocycles. The maximum atomic E-state index is 13.1. The Bertz CT molecular complexity index is 787. The maximum Gasteiger partial charge on any atom is 0.322 e. The number of aromatic nitrogens is 1. The number of pyridine rings is 1. The van der Waals surface area contributed by atoms with Crippen LogP contribution in [0.2, 0.25) is 0 Å². The molecule has 2 aliphatic rings. The maximum absolute atomic E-state index is 13.1. The standard InChI is InChI=1S/C22H27N3O2/c1-27-20-8-7-17-14-21(16-5-3-2-4-6-16)25(15-18(17)13-20)22(26)24-19-9-11-23-12-10-19/h7-13,16,21H,2-6,14-15H2,1H3,(H,23,24,26)/t21-/m1/s1. The van der Waals surface area contributed by atoms with Crippen molar-refractivity contribution in [3.63, 3.8) is 0 Å². The number of carbonyl (C=O) groups excluding carboxylic acids is 1. The van der Waals surface area contributed by atoms with E-state index in [1.807, 2.05) is 23.1 Å². The minimum atomic E-state index is -0.0229. The number of amides is 2. The monoisotopic (exact) mass is 365 g/mol. The first-order valence-corrected chi connectivity index (χ1v) is 9.88. The number of hydrogen-bond donors (Lipinski definition) is 1. The molecule has 0 unspecified atom stereocenters. The van der Waals surface area contributed by atoms with E-state index in [1.54, 1.807) is 19.5 Å². The van der Waals surface area contributed by atoms with Gasteiger partial charge in [-0.2, -0.15) is 0 Å². The van der Waals surface area contributed by atoms with Gasteiger partial charge in [-0.1, -0.05) is 25.3 Å². The lowest BCUT2D eigenvalue weighted by Crippen LogP contribution is -2.50. The van der Waals surface area contributed by atoms with Gasteiger partial charge in [0.25, 0.3) is 0 Å². The van der Waals surface area contributed by atoms with Gasteiger partial charge in [0.05, 0.1) is 7.11 Å². The summed E-state index contributed by atoms with van der Waals surface area (Å²) in [6.45, 7) is 0.630. The molecule has 1 fully saturated rings. The van der Waals surface area contributed by atoms with E-state index in [0.717, 1.165) is 17.9 Å². The van der Waals surface area contributed by atoms with Gasteiger partial charge in [-0.3, -0.25) is 4.98 Å². The van der Waals surface area contributed by atoms with Gasteiger partial charge in [0.15, 0.2) is 0 Å². The van der Waals surface area contributed by atoms with Gasteiger partial charge in [0, 0.05) is 30.7 Å². The number of carbonyl (C=O) groups is 1. The second-order valence-electron chi connectivity index (χ2n) is 7.60. The number of ether oxygens (including phenoxy) is 1. The van der Waals surface area contributed by atoms with Crippen LogP contribution in [0.25, 0.3) is 0 Å². The fourth-order valence-corrected chi connectivity index (χ4v) is 4.50. The van der Waals surface area contributed by atoms with Crippen LogP contribution in [0.3, 0.4) is 0 Å². The summed E-state index contributed by atoms with van der Waals surface area (Å²) in [6.07, 6.45) is 10.6. The number of anilines is 1. The van der Waals surface area contributed by atoms with Crippen molar-refractivity contribution in [1.82, 2.24) is 9.88 Å². The van der Waals surface area contributed by atoms with Crippen molar-refractivity contribution in [3.05, 3.63) is 53.9 Å². The average molecular weight is 365 g/mol. The predicted molar refractivity (Wildman–Crippen MR) is 106 cm³/mol. The molecule has 1 aliphatic carbocycles. The SMILES string of the molecule is COc1ccc2c(c1)CN(C(=O)Nc1ccncc1)[C@@H](C1CCCCC1)C2. The number of fused-ring (bicyclic) bond motifs is 1. The highest BCUT2D eigenvalue weighted by molar-refractivity contribution is 5.89. The van der Waals surface area contributed by atoms with Gasteiger partial charge in [0.1, 0.15) is 5.75 Å². The van der Waals surface area contributed by atoms with Crippen LogP contribution < -0.4 is 10.1 Å². The molecule has 2 heterocycles. The van der Waals surface area contributed by atoms with Crippen LogP contribution in [0.15, 0.2) is 42.7 Å². The molecule has 0 radical (unpaired) electrons. The van der Waals surface area contributed by atoms with Crippen molar-refractivity contribution in [1.29, 1.82) is 0 Å². The van der Waals surface area contributed by atoms with Crippen LogP contribution in [0.5, 0.6) is 5.75 Å². The molecule has 1 saturated carbocycles. The van der Waals surface area contributed by atoms with Crippen LogP contribution >= 0.6 is 0 Å². The molecule has 5 nitrogen and oxygen atoms in total. The summed E-state index contributed by atoms with van der Waals surface area (Å²) in [5.74, 6) is 1.43. The highest BCUT2D eigenvalue weighted by Gasteiger charge is 2.35. The predicted octanol–water partition coefficient (Wildman–Crippen LogP) is 4.63. The molecule has 1 atom stereocenters. The van der Waals surface area contributed by atoms with E-state index in [9.17, 15) is 4.79 Å². The van der Waals surface area contributed by atoms with Gasteiger partial charge in [-0.15, -0.1) is 0 Å². The van der Waals surface area contributed by atoms with Gasteiger partial charge < -0.3 is 15.0 Å². The Hall–Kier alpha value is -2.56. The Morgan fingerprint density at radius 2 is 1.89 bits per heavy atom. The van der Waals surface area contributed by atoms with E-state index >= 15 is 0 Å². The van der Waals surface area contributed by atoms with Gasteiger partial charge >= 0.3 is 6.03 Å². The fraction of sp³-hybridized carbons (Fsp3) is 0.455. The molecular weight excluding hydrogens is 338 g/mol. The van der Waals surface area contributed by atoms with E-state index in [-0.39, 0.29) is 12.1 Å². The third-order valence-electron chi connectivity index (χ3n) is 5.97. The van der Waals surface area contributed by atoms with E-state index in [0.29, 0.717) is 12.5 Å². The van der Waals surface area contributed by atoms with Crippen LogP contribution in [-0.4, -0.2) is 29.1 Å². The van der Waals surface area contributed by atoms with Gasteiger partial charge in [-0.05, 0) is 60.6 Å². The Morgan fingerprint density at radius 3 is 2.63 bits per heavy atom. The number of benzene rings is 1. The fourth-order valence-electron chi connectivity index (χ4n) is 4.50. The van der Waals surface area contributed by atoms with Crippen molar-refractivity contribution >= 4 is 11.7 Å². The number of hydrogen-bond acceptors (Lipinski definition) is 3. The largest absolute Gasteiger partial charge is 0.497 e. The lowest BCUT2D eigenvalue weighted by molar-refractivity contribution is 0.125. The molecule has 1 aliphatic heterocycles. The molecule has 1 aromatic carbocycles. The van der Waals surface area contributed by atoms with Crippen LogP contribution in [0.4, 0.5) is 10.5 Å². The summed E-state index contributed by atoms with van der Waals surface area (Å²) in [6, 6.07) is 10.2. The van der Waals surface area contributed by atoms with Crippen molar-refractivity contribution in [2.75, 3.05) is 12.4 Å². The van der Waals surface area contributed by atoms with Crippen LogP contribution in [0, 0.1) is 5.92 Å². The zero-order valence-corrected chi connectivity index (χ0v) is 15.9. The second kappa shape index (κ2) is 7.99. The summed E-state index contributed by atoms with van der Waals surface area (Å²) in [5.41, 5.74) is 3.32. The lowest BCUT2D eigenvalue weighted by atomic mass is 9.78. The van der Waals surface area contributed by atoms with Gasteiger partial charge in [0.2, 0.25) is 0 Å². The molecule has 27 heavy (non-hydrogen) atoms. The van der Waals surface area contributed by atoms with E-state index in [2.05, 4.69) is 22.4 Å². The van der Waals surface area contributed by atoms with Crippen molar-refractivity contribution < 1.29 is 9.53 Å². The number of urea groups is 1. The summed E-state index contributed by atoms with van der Waals surface area (Å²) >= 11 is 0. The Balaban J connectivity index is 1.60. The molecule has 0 bridgehead atoms. The summed E-state index contributed by atoms with van der Waals surface area (Å²) in [5, 5.41) is 3.06. The van der Waals surface area contributed by atoms with Gasteiger partial charge in [-0.25, -0.2) is 4.79 Å². The molecule has 142 valence electrons. The highest BCUT2D eigenvalue weighted by Crippen LogP contribution is 2.36. The molecule has 2 aromatic rings. The first-order chi connectivity index (χ1) is 13.2. The second-order valence-corrected chi connectivity index (χ2v) is 7.60. The van der Waals surface area contributed by atoms with Crippen molar-refractivity contribution in [2.24, 2.45) is 5.92 Å². The smallest absolute Gasteiger partial charge is 0.322 e. The first-order valence-electron chi connectivity index (χ1n) is 9.88. The Morgan fingerprint density at radius 1 is 1.11 bits per heavy atom. The molecule has 2 amide bonds. The third-order valence-corrected chi connectivity index (χ3v) is 5.97. The summed E-state index contributed by atoms with van der Waals surface area (Å²) in [7, 11) is 1.68. The number of rotatable bonds is 3. The van der Waals surface area contributed by atoms with E-state index in [4.69, 9.17) is 4.74 Å². The minimum absolute atomic E-state index is 0.0229. The van der Waals surface area contributed by atoms with Crippen molar-refractivity contribution in [2.45, 2.75) is 51.1 Å². The lowest BCUT2D eigenvalue weighted by Gasteiger charge is -2.42. The molecule has 1 N–H and O–H groups in total. The molecular formula is C22H27N3O2. The normalized spacial score (nSPS) is 20.0. The summed E-state index contributed by atoms with van der Waals surface area (Å²) in [4.78, 5) is 19.2. The van der Waals surface area contributed by atoms with E-state index < -0.39 is 0 Å². The number of nitrogens with one attached hydrogen (secondary N) is 1. The zero-order chi connectivity index (χ0) is 18.6. The molecule has 1 aromatic heterocycles. The van der Waals surface area contributed by atoms with Crippen LogP contribution in [0.1, 0.15) is 43.2 Å². The van der Waals surface area contributed by atoms with Crippen LogP contribution in [-0.2, 0) is 13.0 Å². The zero-order valence-electron chi connectivity index (χ0n) is 15.9. The third kappa shape index (κ3) is 3.92. The minimum Gasteiger partial charge on any atom is -0.497 e. The highest BCUT2D eigenvalue weighted by atomic mass is 16.5. The molecule has 5 heteroatoms. The Kier molecular flexibility index (Phi) is 5.28. The number of nitrogens with zero attached hydrogens (tertiary/aromatic N) is 2. The quantitative estimate of drug-likeness (QED) is 0.863. The van der Waals surface area contributed by atoms with E-state index in [1.165, 1.54) is 43.2 Å². The van der Waals surface area contributed by atoms with Crippen molar-refractivity contribution in [3.8, 4) is 5.75 Å². The molecule has 4 rings (SSSR count). The molecule has 0 spiro atoms. The first kappa shape index (κ1) is 17.8. The Labute approximate surface area is 160 Å². The topological polar surface area (TPSA) is 54.5 Å². The summed E-state index contributed by atoms with van der Waals surface area (Å²) < 4.78 is 5.39. The number of methoxy groups -OCH3 is 1. The average Bonchev–Trinajstić information content (AvgIpc) is 2.73.